The van der Waals surface area contributed by atoms with E-state index < -0.39 is 12.1 Å². The van der Waals surface area contributed by atoms with E-state index in [2.05, 4.69) is 15.9 Å². The van der Waals surface area contributed by atoms with Gasteiger partial charge in [-0.25, -0.2) is 4.79 Å². The average Bonchev–Trinajstić information content (AvgIpc) is 2.48. The van der Waals surface area contributed by atoms with E-state index in [0.29, 0.717) is 4.60 Å². The quantitative estimate of drug-likeness (QED) is 0.730. The first kappa shape index (κ1) is 11.2. The van der Waals surface area contributed by atoms with Gasteiger partial charge in [0.1, 0.15) is 0 Å². The van der Waals surface area contributed by atoms with Crippen LogP contribution in [0.15, 0.2) is 16.9 Å². The lowest BCUT2D eigenvalue weighted by molar-refractivity contribution is 0.0694. The van der Waals surface area contributed by atoms with Gasteiger partial charge in [0.05, 0.1) is 29.4 Å². The summed E-state index contributed by atoms with van der Waals surface area (Å²) < 4.78 is 2.08. The van der Waals surface area contributed by atoms with Crippen molar-refractivity contribution >= 4 is 21.9 Å². The van der Waals surface area contributed by atoms with Crippen molar-refractivity contribution in [3.8, 4) is 0 Å². The summed E-state index contributed by atoms with van der Waals surface area (Å²) in [7, 11) is 0. The van der Waals surface area contributed by atoms with Crippen molar-refractivity contribution in [1.82, 2.24) is 4.57 Å². The van der Waals surface area contributed by atoms with Gasteiger partial charge in [0.15, 0.2) is 0 Å². The van der Waals surface area contributed by atoms with E-state index in [-0.39, 0.29) is 18.7 Å². The van der Waals surface area contributed by atoms with Crippen molar-refractivity contribution in [3.63, 3.8) is 0 Å². The summed E-state index contributed by atoms with van der Waals surface area (Å²) in [5.74, 6) is -1.03. The third-order valence-corrected chi connectivity index (χ3v) is 2.39. The summed E-state index contributed by atoms with van der Waals surface area (Å²) in [5.41, 5.74) is 0.141. The molecule has 78 valence electrons. The maximum absolute atomic E-state index is 10.6. The summed E-state index contributed by atoms with van der Waals surface area (Å²) in [6.07, 6.45) is 0.506. The topological polar surface area (TPSA) is 82.7 Å². The van der Waals surface area contributed by atoms with E-state index >= 15 is 0 Å². The van der Waals surface area contributed by atoms with Gasteiger partial charge in [-0.2, -0.15) is 0 Å². The number of aliphatic hydroxyl groups is 2. The van der Waals surface area contributed by atoms with Crippen molar-refractivity contribution in [3.05, 3.63) is 22.4 Å². The van der Waals surface area contributed by atoms with Crippen molar-refractivity contribution in [2.75, 3.05) is 6.61 Å². The van der Waals surface area contributed by atoms with Gasteiger partial charge >= 0.3 is 5.97 Å². The Bertz CT molecular complexity index is 336. The minimum absolute atomic E-state index is 0.141. The molecule has 0 saturated heterocycles. The molecular weight excluding hydrogens is 254 g/mol. The molecular formula is C8H10BrNO4. The van der Waals surface area contributed by atoms with Gasteiger partial charge in [-0.15, -0.1) is 0 Å². The molecule has 5 nitrogen and oxygen atoms in total. The highest BCUT2D eigenvalue weighted by molar-refractivity contribution is 9.10. The monoisotopic (exact) mass is 263 g/mol. The summed E-state index contributed by atoms with van der Waals surface area (Å²) in [4.78, 5) is 10.6. The molecule has 0 amide bonds. The summed E-state index contributed by atoms with van der Waals surface area (Å²) in [6.45, 7) is -0.197. The molecule has 0 spiro atoms. The second-order valence-corrected chi connectivity index (χ2v) is 3.66. The molecule has 1 aromatic rings. The Hall–Kier alpha value is -0.850. The van der Waals surface area contributed by atoms with Crippen molar-refractivity contribution in [2.24, 2.45) is 0 Å². The molecule has 1 rings (SSSR count). The first-order valence-electron chi connectivity index (χ1n) is 3.92. The molecule has 0 aromatic carbocycles. The van der Waals surface area contributed by atoms with Crippen LogP contribution in [0.2, 0.25) is 0 Å². The van der Waals surface area contributed by atoms with Crippen LogP contribution in [0.3, 0.4) is 0 Å². The molecule has 1 unspecified atom stereocenters. The average molecular weight is 264 g/mol. The van der Waals surface area contributed by atoms with Crippen LogP contribution in [0.5, 0.6) is 0 Å². The van der Waals surface area contributed by atoms with Crippen LogP contribution >= 0.6 is 15.9 Å². The van der Waals surface area contributed by atoms with Crippen LogP contribution < -0.4 is 0 Å². The SMILES string of the molecule is O=C(O)c1cc(Br)n(CC(O)CO)c1. The van der Waals surface area contributed by atoms with Gasteiger partial charge in [-0.1, -0.05) is 0 Å². The van der Waals surface area contributed by atoms with Crippen molar-refractivity contribution in [2.45, 2.75) is 12.6 Å². The van der Waals surface area contributed by atoms with Gasteiger partial charge in [-0.05, 0) is 22.0 Å². The molecule has 0 saturated carbocycles. The zero-order chi connectivity index (χ0) is 10.7. The zero-order valence-electron chi connectivity index (χ0n) is 7.22. The number of aliphatic hydroxyl groups excluding tert-OH is 2. The fourth-order valence-corrected chi connectivity index (χ4v) is 1.51. The molecule has 3 N–H and O–H groups in total. The molecule has 0 aliphatic carbocycles. The highest BCUT2D eigenvalue weighted by Gasteiger charge is 2.11. The number of halogens is 1. The second kappa shape index (κ2) is 4.59. The maximum Gasteiger partial charge on any atom is 0.337 e. The Labute approximate surface area is 88.7 Å². The second-order valence-electron chi connectivity index (χ2n) is 2.85. The fourth-order valence-electron chi connectivity index (χ4n) is 1.02. The molecule has 0 bridgehead atoms. The number of nitrogens with zero attached hydrogens (tertiary/aromatic N) is 1. The lowest BCUT2D eigenvalue weighted by Crippen LogP contribution is -2.19. The van der Waals surface area contributed by atoms with Gasteiger partial charge in [0.25, 0.3) is 0 Å². The summed E-state index contributed by atoms with van der Waals surface area (Å²) >= 11 is 3.15. The normalized spacial score (nSPS) is 12.8. The van der Waals surface area contributed by atoms with E-state index in [0.717, 1.165) is 0 Å². The number of carboxylic acid groups (broad SMARTS) is 1. The number of carboxylic acids is 1. The Morgan fingerprint density at radius 1 is 1.64 bits per heavy atom. The molecule has 1 heterocycles. The van der Waals surface area contributed by atoms with Crippen molar-refractivity contribution < 1.29 is 20.1 Å². The Morgan fingerprint density at radius 2 is 2.29 bits per heavy atom. The highest BCUT2D eigenvalue weighted by Crippen LogP contribution is 2.15. The van der Waals surface area contributed by atoms with E-state index in [1.54, 1.807) is 0 Å². The maximum atomic E-state index is 10.6. The Kier molecular flexibility index (Phi) is 3.68. The number of aromatic nitrogens is 1. The number of hydrogen-bond donors (Lipinski definition) is 3. The van der Waals surface area contributed by atoms with Crippen LogP contribution in [-0.4, -0.2) is 38.6 Å². The molecule has 0 aliphatic rings. The highest BCUT2D eigenvalue weighted by atomic mass is 79.9. The van der Waals surface area contributed by atoms with Gasteiger partial charge < -0.3 is 19.9 Å². The van der Waals surface area contributed by atoms with E-state index in [9.17, 15) is 4.79 Å². The third kappa shape index (κ3) is 2.57. The molecule has 0 radical (unpaired) electrons. The minimum atomic E-state index is -1.03. The van der Waals surface area contributed by atoms with Gasteiger partial charge in [0, 0.05) is 6.20 Å². The first-order chi connectivity index (χ1) is 6.54. The standard InChI is InChI=1S/C8H10BrNO4/c9-7-1-5(8(13)14)2-10(7)3-6(12)4-11/h1-2,6,11-12H,3-4H2,(H,13,14). The largest absolute Gasteiger partial charge is 0.478 e. The van der Waals surface area contributed by atoms with Crippen molar-refractivity contribution in [1.29, 1.82) is 0 Å². The number of carbonyl (C=O) groups is 1. The van der Waals surface area contributed by atoms with E-state index in [1.165, 1.54) is 16.8 Å². The number of aromatic carboxylic acids is 1. The third-order valence-electron chi connectivity index (χ3n) is 1.71. The predicted octanol–water partition coefficient (Wildman–Crippen LogP) is 0.302. The zero-order valence-corrected chi connectivity index (χ0v) is 8.81. The van der Waals surface area contributed by atoms with Gasteiger partial charge in [-0.3, -0.25) is 0 Å². The summed E-state index contributed by atoms with van der Waals surface area (Å²) in [5, 5.41) is 26.4. The molecule has 0 aliphatic heterocycles. The number of rotatable bonds is 4. The smallest absolute Gasteiger partial charge is 0.337 e. The van der Waals surface area contributed by atoms with Crippen LogP contribution in [0.4, 0.5) is 0 Å². The fraction of sp³-hybridized carbons (Fsp3) is 0.375. The van der Waals surface area contributed by atoms with Crippen LogP contribution in [-0.2, 0) is 6.54 Å². The van der Waals surface area contributed by atoms with Crippen LogP contribution in [0.1, 0.15) is 10.4 Å². The van der Waals surface area contributed by atoms with Crippen LogP contribution in [0, 0.1) is 0 Å². The Balaban J connectivity index is 2.82. The van der Waals surface area contributed by atoms with Gasteiger partial charge in [0.2, 0.25) is 0 Å². The Morgan fingerprint density at radius 3 is 2.71 bits per heavy atom. The number of hydrogen-bond acceptors (Lipinski definition) is 3. The first-order valence-corrected chi connectivity index (χ1v) is 4.71. The molecule has 1 atom stereocenters. The predicted molar refractivity (Wildman–Crippen MR) is 52.2 cm³/mol. The minimum Gasteiger partial charge on any atom is -0.478 e. The molecule has 6 heteroatoms. The van der Waals surface area contributed by atoms with Crippen LogP contribution in [0.25, 0.3) is 0 Å². The molecule has 1 aromatic heterocycles. The summed E-state index contributed by atoms with van der Waals surface area (Å²) in [6, 6.07) is 1.44. The lowest BCUT2D eigenvalue weighted by Gasteiger charge is -2.08. The molecule has 0 fully saturated rings. The van der Waals surface area contributed by atoms with E-state index in [4.69, 9.17) is 15.3 Å². The van der Waals surface area contributed by atoms with E-state index in [1.807, 2.05) is 0 Å². The lowest BCUT2D eigenvalue weighted by atomic mass is 10.3. The molecule has 14 heavy (non-hydrogen) atoms.